The summed E-state index contributed by atoms with van der Waals surface area (Å²) in [5.74, 6) is 0.180. The highest BCUT2D eigenvalue weighted by Gasteiger charge is 2.33. The van der Waals surface area contributed by atoms with Crippen molar-refractivity contribution in [3.05, 3.63) is 33.8 Å². The fourth-order valence-corrected chi connectivity index (χ4v) is 2.13. The van der Waals surface area contributed by atoms with E-state index in [4.69, 9.17) is 21.7 Å². The first-order valence-corrected chi connectivity index (χ1v) is 5.30. The monoisotopic (exact) mass is 240 g/mol. The van der Waals surface area contributed by atoms with Crippen LogP contribution in [0.25, 0.3) is 0 Å². The average Bonchev–Trinajstić information content (AvgIpc) is 2.59. The molecule has 1 aliphatic carbocycles. The van der Waals surface area contributed by atoms with Crippen molar-refractivity contribution in [2.45, 2.75) is 25.8 Å². The molecule has 16 heavy (non-hydrogen) atoms. The van der Waals surface area contributed by atoms with Crippen LogP contribution < -0.4 is 5.48 Å². The van der Waals surface area contributed by atoms with E-state index >= 15 is 0 Å². The van der Waals surface area contributed by atoms with Gasteiger partial charge in [0.15, 0.2) is 0 Å². The van der Waals surface area contributed by atoms with Gasteiger partial charge in [-0.3, -0.25) is 0 Å². The Bertz CT molecular complexity index is 459. The standard InChI is InChI=1S/C11H10ClFN2O/c1-6-7(5-14)11(15-16-6)10-8(12)3-2-4-9(10)13/h3,11,15H,2,4H2,1H3. The maximum Gasteiger partial charge on any atom is 0.136 e. The normalized spacial score (nSPS) is 25.4. The van der Waals surface area contributed by atoms with Crippen LogP contribution in [0, 0.1) is 11.3 Å². The first-order valence-electron chi connectivity index (χ1n) is 4.93. The van der Waals surface area contributed by atoms with Gasteiger partial charge < -0.3 is 4.84 Å². The summed E-state index contributed by atoms with van der Waals surface area (Å²) in [6, 6.07) is 1.42. The number of halogens is 2. The molecule has 0 saturated heterocycles. The minimum Gasteiger partial charge on any atom is -0.411 e. The highest BCUT2D eigenvalue weighted by Crippen LogP contribution is 2.35. The Hall–Kier alpha value is -1.31. The predicted octanol–water partition coefficient (Wildman–Crippen LogP) is 2.83. The van der Waals surface area contributed by atoms with Crippen molar-refractivity contribution in [2.75, 3.05) is 0 Å². The molecule has 1 N–H and O–H groups in total. The van der Waals surface area contributed by atoms with E-state index in [1.807, 2.05) is 6.07 Å². The lowest BCUT2D eigenvalue weighted by Crippen LogP contribution is -2.27. The molecular weight excluding hydrogens is 231 g/mol. The van der Waals surface area contributed by atoms with Gasteiger partial charge in [-0.15, -0.1) is 5.48 Å². The van der Waals surface area contributed by atoms with Gasteiger partial charge in [-0.2, -0.15) is 5.26 Å². The molecule has 0 aromatic heterocycles. The molecule has 0 radical (unpaired) electrons. The van der Waals surface area contributed by atoms with Crippen molar-refractivity contribution in [1.29, 1.82) is 5.26 Å². The average molecular weight is 241 g/mol. The van der Waals surface area contributed by atoms with E-state index in [2.05, 4.69) is 5.48 Å². The largest absolute Gasteiger partial charge is 0.411 e. The zero-order valence-electron chi connectivity index (χ0n) is 8.68. The van der Waals surface area contributed by atoms with E-state index in [-0.39, 0.29) is 5.83 Å². The van der Waals surface area contributed by atoms with Crippen LogP contribution in [-0.4, -0.2) is 6.04 Å². The second-order valence-electron chi connectivity index (χ2n) is 3.64. The lowest BCUT2D eigenvalue weighted by molar-refractivity contribution is 0.125. The molecule has 0 aromatic rings. The molecule has 3 nitrogen and oxygen atoms in total. The quantitative estimate of drug-likeness (QED) is 0.767. The van der Waals surface area contributed by atoms with E-state index in [1.165, 1.54) is 0 Å². The Labute approximate surface area is 97.8 Å². The summed E-state index contributed by atoms with van der Waals surface area (Å²) in [6.45, 7) is 1.66. The molecule has 84 valence electrons. The number of nitriles is 1. The molecule has 0 saturated carbocycles. The highest BCUT2D eigenvalue weighted by atomic mass is 35.5. The second kappa shape index (κ2) is 4.28. The Balaban J connectivity index is 2.41. The van der Waals surface area contributed by atoms with Gasteiger partial charge in [0.1, 0.15) is 23.7 Å². The number of hydrogen-bond acceptors (Lipinski definition) is 3. The Morgan fingerprint density at radius 2 is 2.44 bits per heavy atom. The summed E-state index contributed by atoms with van der Waals surface area (Å²) in [5.41, 5.74) is 3.31. The van der Waals surface area contributed by atoms with E-state index in [9.17, 15) is 4.39 Å². The predicted molar refractivity (Wildman–Crippen MR) is 57.6 cm³/mol. The van der Waals surface area contributed by atoms with Crippen LogP contribution in [0.1, 0.15) is 19.8 Å². The van der Waals surface area contributed by atoms with Gasteiger partial charge >= 0.3 is 0 Å². The maximum atomic E-state index is 13.7. The summed E-state index contributed by atoms with van der Waals surface area (Å²) >= 11 is 5.96. The number of hydroxylamine groups is 1. The Kier molecular flexibility index (Phi) is 2.99. The summed E-state index contributed by atoms with van der Waals surface area (Å²) in [7, 11) is 0. The topological polar surface area (TPSA) is 45.0 Å². The number of nitrogens with zero attached hydrogens (tertiary/aromatic N) is 1. The van der Waals surface area contributed by atoms with Gasteiger partial charge in [0, 0.05) is 17.0 Å². The van der Waals surface area contributed by atoms with Crippen molar-refractivity contribution < 1.29 is 9.23 Å². The molecule has 0 spiro atoms. The molecule has 1 aliphatic heterocycles. The third kappa shape index (κ3) is 1.73. The highest BCUT2D eigenvalue weighted by molar-refractivity contribution is 6.32. The van der Waals surface area contributed by atoms with Crippen LogP contribution in [0.3, 0.4) is 0 Å². The van der Waals surface area contributed by atoms with Crippen LogP contribution in [0.15, 0.2) is 33.8 Å². The van der Waals surface area contributed by atoms with E-state index in [0.29, 0.717) is 34.8 Å². The molecule has 1 atom stereocenters. The minimum absolute atomic E-state index is 0.281. The fourth-order valence-electron chi connectivity index (χ4n) is 1.81. The summed E-state index contributed by atoms with van der Waals surface area (Å²) in [5, 5.41) is 9.33. The van der Waals surface area contributed by atoms with Gasteiger partial charge in [-0.05, 0) is 13.3 Å². The van der Waals surface area contributed by atoms with Gasteiger partial charge in [0.25, 0.3) is 0 Å². The SMILES string of the molecule is CC1=C(C#N)C(C2=C(F)CCC=C2Cl)NO1. The molecule has 2 rings (SSSR count). The number of hydrogen-bond donors (Lipinski definition) is 1. The van der Waals surface area contributed by atoms with Crippen LogP contribution >= 0.6 is 11.6 Å². The molecule has 0 aromatic carbocycles. The number of nitrogens with one attached hydrogen (secondary N) is 1. The maximum absolute atomic E-state index is 13.7. The van der Waals surface area contributed by atoms with Crippen LogP contribution in [-0.2, 0) is 4.84 Å². The molecule has 1 unspecified atom stereocenters. The van der Waals surface area contributed by atoms with Crippen LogP contribution in [0.4, 0.5) is 4.39 Å². The van der Waals surface area contributed by atoms with Crippen molar-refractivity contribution in [1.82, 2.24) is 5.48 Å². The molecule has 0 amide bonds. The smallest absolute Gasteiger partial charge is 0.136 e. The second-order valence-corrected chi connectivity index (χ2v) is 4.05. The molecule has 0 fully saturated rings. The van der Waals surface area contributed by atoms with Crippen molar-refractivity contribution in [3.8, 4) is 6.07 Å². The summed E-state index contributed by atoms with van der Waals surface area (Å²) < 4.78 is 13.7. The van der Waals surface area contributed by atoms with Gasteiger partial charge in [0.2, 0.25) is 0 Å². The zero-order valence-corrected chi connectivity index (χ0v) is 9.44. The van der Waals surface area contributed by atoms with Crippen LogP contribution in [0.5, 0.6) is 0 Å². The van der Waals surface area contributed by atoms with E-state index in [0.717, 1.165) is 0 Å². The molecule has 5 heteroatoms. The van der Waals surface area contributed by atoms with Gasteiger partial charge in [-0.25, -0.2) is 4.39 Å². The van der Waals surface area contributed by atoms with Gasteiger partial charge in [0.05, 0.1) is 5.57 Å². The Morgan fingerprint density at radius 3 is 3.06 bits per heavy atom. The third-order valence-corrected chi connectivity index (χ3v) is 3.00. The molecule has 2 aliphatic rings. The van der Waals surface area contributed by atoms with Crippen LogP contribution in [0.2, 0.25) is 0 Å². The minimum atomic E-state index is -0.589. The third-order valence-electron chi connectivity index (χ3n) is 2.64. The first-order chi connectivity index (χ1) is 7.65. The Morgan fingerprint density at radius 1 is 1.69 bits per heavy atom. The number of rotatable bonds is 1. The fraction of sp³-hybridized carbons (Fsp3) is 0.364. The summed E-state index contributed by atoms with van der Waals surface area (Å²) in [4.78, 5) is 5.04. The first kappa shape index (κ1) is 11.2. The van der Waals surface area contributed by atoms with Crippen molar-refractivity contribution >= 4 is 11.6 Å². The van der Waals surface area contributed by atoms with E-state index < -0.39 is 6.04 Å². The van der Waals surface area contributed by atoms with Gasteiger partial charge in [-0.1, -0.05) is 17.7 Å². The lowest BCUT2D eigenvalue weighted by atomic mass is 9.94. The molecule has 1 heterocycles. The van der Waals surface area contributed by atoms with Crippen molar-refractivity contribution in [2.24, 2.45) is 0 Å². The molecule has 0 bridgehead atoms. The lowest BCUT2D eigenvalue weighted by Gasteiger charge is -2.18. The zero-order chi connectivity index (χ0) is 11.7. The van der Waals surface area contributed by atoms with Crippen molar-refractivity contribution in [3.63, 3.8) is 0 Å². The summed E-state index contributed by atoms with van der Waals surface area (Å²) in [6.07, 6.45) is 2.66. The van der Waals surface area contributed by atoms with E-state index in [1.54, 1.807) is 13.0 Å². The number of allylic oxidation sites excluding steroid dienone is 3. The molecular formula is C11H10ClFN2O.